The van der Waals surface area contributed by atoms with Crippen molar-refractivity contribution in [2.24, 2.45) is 11.3 Å². The van der Waals surface area contributed by atoms with Crippen molar-refractivity contribution < 1.29 is 19.8 Å². The molecular formula is C15H19NO4. The van der Waals surface area contributed by atoms with Crippen molar-refractivity contribution in [3.63, 3.8) is 0 Å². The van der Waals surface area contributed by atoms with Gasteiger partial charge in [-0.25, -0.2) is 4.79 Å². The van der Waals surface area contributed by atoms with E-state index in [1.165, 1.54) is 12.1 Å². The minimum atomic E-state index is -1.05. The van der Waals surface area contributed by atoms with Gasteiger partial charge < -0.3 is 15.5 Å². The number of amides is 1. The highest BCUT2D eigenvalue weighted by Crippen LogP contribution is 2.51. The average Bonchev–Trinajstić information content (AvgIpc) is 3.00. The Labute approximate surface area is 117 Å². The van der Waals surface area contributed by atoms with Crippen molar-refractivity contribution >= 4 is 11.9 Å². The normalized spacial score (nSPS) is 21.0. The zero-order valence-corrected chi connectivity index (χ0v) is 11.6. The number of hydrogen-bond acceptors (Lipinski definition) is 3. The minimum absolute atomic E-state index is 0.0221. The molecule has 1 aliphatic rings. The van der Waals surface area contributed by atoms with Gasteiger partial charge in [0.2, 0.25) is 5.91 Å². The van der Waals surface area contributed by atoms with E-state index in [0.717, 1.165) is 12.0 Å². The highest BCUT2D eigenvalue weighted by Gasteiger charge is 2.51. The molecule has 5 nitrogen and oxygen atoms in total. The molecule has 5 heteroatoms. The lowest BCUT2D eigenvalue weighted by atomic mass is 10.0. The van der Waals surface area contributed by atoms with E-state index >= 15 is 0 Å². The zero-order valence-electron chi connectivity index (χ0n) is 11.6. The largest absolute Gasteiger partial charge is 0.508 e. The predicted octanol–water partition coefficient (Wildman–Crippen LogP) is 1.55. The molecule has 0 aliphatic heterocycles. The highest BCUT2D eigenvalue weighted by molar-refractivity contribution is 5.87. The topological polar surface area (TPSA) is 86.6 Å². The maximum atomic E-state index is 12.0. The lowest BCUT2D eigenvalue weighted by Crippen LogP contribution is -2.43. The van der Waals surface area contributed by atoms with Gasteiger partial charge in [0.15, 0.2) is 0 Å². The third-order valence-corrected chi connectivity index (χ3v) is 3.82. The Balaban J connectivity index is 1.99. The van der Waals surface area contributed by atoms with Gasteiger partial charge in [0.05, 0.1) is 0 Å². The van der Waals surface area contributed by atoms with E-state index in [4.69, 9.17) is 0 Å². The smallest absolute Gasteiger partial charge is 0.326 e. The fourth-order valence-electron chi connectivity index (χ4n) is 2.25. The summed E-state index contributed by atoms with van der Waals surface area (Å²) in [6, 6.07) is 5.36. The maximum Gasteiger partial charge on any atom is 0.326 e. The van der Waals surface area contributed by atoms with Crippen LogP contribution >= 0.6 is 0 Å². The van der Waals surface area contributed by atoms with E-state index in [9.17, 15) is 19.8 Å². The number of phenols is 1. The Morgan fingerprint density at radius 3 is 2.35 bits per heavy atom. The molecule has 1 aliphatic carbocycles. The van der Waals surface area contributed by atoms with Gasteiger partial charge in [-0.15, -0.1) is 0 Å². The second-order valence-corrected chi connectivity index (χ2v) is 6.02. The molecule has 3 N–H and O–H groups in total. The van der Waals surface area contributed by atoms with Gasteiger partial charge in [0.25, 0.3) is 0 Å². The Hall–Kier alpha value is -2.04. The van der Waals surface area contributed by atoms with Crippen LogP contribution in [-0.4, -0.2) is 28.1 Å². The van der Waals surface area contributed by atoms with E-state index in [1.807, 2.05) is 13.8 Å². The summed E-state index contributed by atoms with van der Waals surface area (Å²) in [6.45, 7) is 3.99. The molecule has 0 saturated heterocycles. The number of carbonyl (C=O) groups is 2. The summed E-state index contributed by atoms with van der Waals surface area (Å²) in [6.07, 6.45) is 0.999. The first-order chi connectivity index (χ1) is 9.29. The summed E-state index contributed by atoms with van der Waals surface area (Å²) in [7, 11) is 0. The molecule has 0 bridgehead atoms. The highest BCUT2D eigenvalue weighted by atomic mass is 16.4. The number of rotatable bonds is 5. The van der Waals surface area contributed by atoms with Gasteiger partial charge in [0.1, 0.15) is 11.8 Å². The summed E-state index contributed by atoms with van der Waals surface area (Å²) in [5, 5.41) is 21.0. The molecule has 20 heavy (non-hydrogen) atoms. The number of carboxylic acids is 1. The van der Waals surface area contributed by atoms with Crippen LogP contribution in [0.1, 0.15) is 25.8 Å². The van der Waals surface area contributed by atoms with E-state index in [0.29, 0.717) is 0 Å². The van der Waals surface area contributed by atoms with Crippen LogP contribution in [-0.2, 0) is 16.0 Å². The molecule has 1 aromatic rings. The molecule has 2 rings (SSSR count). The Bertz CT molecular complexity index is 521. The number of hydrogen-bond donors (Lipinski definition) is 3. The first-order valence-corrected chi connectivity index (χ1v) is 6.61. The standard InChI is InChI=1S/C15H19NO4/c1-15(2)8-11(15)13(18)16-12(14(19)20)7-9-3-5-10(17)6-4-9/h3-6,11-12,17H,7-8H2,1-2H3,(H,16,18)(H,19,20)/t11?,12-/m1/s1. The van der Waals surface area contributed by atoms with Gasteiger partial charge in [0, 0.05) is 12.3 Å². The number of phenolic OH excluding ortho intramolecular Hbond substituents is 1. The van der Waals surface area contributed by atoms with Crippen LogP contribution in [0.2, 0.25) is 0 Å². The van der Waals surface area contributed by atoms with E-state index in [2.05, 4.69) is 5.32 Å². The predicted molar refractivity (Wildman–Crippen MR) is 73.3 cm³/mol. The van der Waals surface area contributed by atoms with Crippen molar-refractivity contribution in [3.05, 3.63) is 29.8 Å². The van der Waals surface area contributed by atoms with Crippen LogP contribution in [0.25, 0.3) is 0 Å². The number of aliphatic carboxylic acids is 1. The third kappa shape index (κ3) is 3.29. The SMILES string of the molecule is CC1(C)CC1C(=O)N[C@H](Cc1ccc(O)cc1)C(=O)O. The van der Waals surface area contributed by atoms with Gasteiger partial charge in [-0.05, 0) is 29.5 Å². The molecule has 1 aromatic carbocycles. The summed E-state index contributed by atoms with van der Waals surface area (Å²) in [5.41, 5.74) is 0.733. The zero-order chi connectivity index (χ0) is 14.9. The monoisotopic (exact) mass is 277 g/mol. The van der Waals surface area contributed by atoms with Gasteiger partial charge >= 0.3 is 5.97 Å². The molecule has 1 unspecified atom stereocenters. The lowest BCUT2D eigenvalue weighted by Gasteiger charge is -2.15. The Morgan fingerprint density at radius 2 is 1.90 bits per heavy atom. The summed E-state index contributed by atoms with van der Waals surface area (Å²) in [5.74, 6) is -1.21. The molecule has 0 radical (unpaired) electrons. The molecule has 0 aromatic heterocycles. The van der Waals surface area contributed by atoms with Gasteiger partial charge in [-0.3, -0.25) is 4.79 Å². The van der Waals surface area contributed by atoms with Crippen LogP contribution in [0.3, 0.4) is 0 Å². The number of benzene rings is 1. The maximum absolute atomic E-state index is 12.0. The fourth-order valence-corrected chi connectivity index (χ4v) is 2.25. The molecule has 0 heterocycles. The van der Waals surface area contributed by atoms with Crippen LogP contribution in [0.15, 0.2) is 24.3 Å². The van der Waals surface area contributed by atoms with Crippen molar-refractivity contribution in [3.8, 4) is 5.75 Å². The van der Waals surface area contributed by atoms with Gasteiger partial charge in [-0.1, -0.05) is 26.0 Å². The van der Waals surface area contributed by atoms with Crippen molar-refractivity contribution in [2.45, 2.75) is 32.7 Å². The molecule has 1 fully saturated rings. The van der Waals surface area contributed by atoms with Crippen LogP contribution in [0.5, 0.6) is 5.75 Å². The fraction of sp³-hybridized carbons (Fsp3) is 0.467. The molecule has 2 atom stereocenters. The van der Waals surface area contributed by atoms with E-state index in [-0.39, 0.29) is 29.4 Å². The van der Waals surface area contributed by atoms with Crippen LogP contribution < -0.4 is 5.32 Å². The molecule has 0 spiro atoms. The molecule has 1 saturated carbocycles. The molecule has 108 valence electrons. The Morgan fingerprint density at radius 1 is 1.35 bits per heavy atom. The second-order valence-electron chi connectivity index (χ2n) is 6.02. The lowest BCUT2D eigenvalue weighted by molar-refractivity contribution is -0.142. The summed E-state index contributed by atoms with van der Waals surface area (Å²) in [4.78, 5) is 23.2. The molecular weight excluding hydrogens is 258 g/mol. The number of carbonyl (C=O) groups excluding carboxylic acids is 1. The number of nitrogens with one attached hydrogen (secondary N) is 1. The summed E-state index contributed by atoms with van der Waals surface area (Å²) < 4.78 is 0. The second kappa shape index (κ2) is 5.15. The van der Waals surface area contributed by atoms with Gasteiger partial charge in [-0.2, -0.15) is 0 Å². The van der Waals surface area contributed by atoms with E-state index < -0.39 is 12.0 Å². The number of aromatic hydroxyl groups is 1. The molecule has 1 amide bonds. The van der Waals surface area contributed by atoms with Crippen molar-refractivity contribution in [2.75, 3.05) is 0 Å². The number of carboxylic acid groups (broad SMARTS) is 1. The van der Waals surface area contributed by atoms with Crippen LogP contribution in [0, 0.1) is 11.3 Å². The first-order valence-electron chi connectivity index (χ1n) is 6.61. The minimum Gasteiger partial charge on any atom is -0.508 e. The summed E-state index contributed by atoms with van der Waals surface area (Å²) >= 11 is 0. The Kier molecular flexibility index (Phi) is 3.70. The quantitative estimate of drug-likeness (QED) is 0.762. The van der Waals surface area contributed by atoms with Crippen molar-refractivity contribution in [1.29, 1.82) is 0 Å². The third-order valence-electron chi connectivity index (χ3n) is 3.82. The van der Waals surface area contributed by atoms with Crippen molar-refractivity contribution in [1.82, 2.24) is 5.32 Å². The van der Waals surface area contributed by atoms with E-state index in [1.54, 1.807) is 12.1 Å². The first kappa shape index (κ1) is 14.4. The van der Waals surface area contributed by atoms with Crippen LogP contribution in [0.4, 0.5) is 0 Å². The average molecular weight is 277 g/mol.